The monoisotopic (exact) mass is 245 g/mol. The van der Waals surface area contributed by atoms with Gasteiger partial charge in [-0.05, 0) is 19.8 Å². The Morgan fingerprint density at radius 1 is 1.56 bits per heavy atom. The Morgan fingerprint density at radius 2 is 2.25 bits per heavy atom. The molecule has 16 heavy (non-hydrogen) atoms. The van der Waals surface area contributed by atoms with E-state index in [1.807, 2.05) is 0 Å². The second kappa shape index (κ2) is 6.10. The summed E-state index contributed by atoms with van der Waals surface area (Å²) in [6.07, 6.45) is 1.99. The molecule has 1 heterocycles. The number of hydrogen-bond acceptors (Lipinski definition) is 4. The molecule has 2 atom stereocenters. The van der Waals surface area contributed by atoms with Gasteiger partial charge in [0.15, 0.2) is 0 Å². The van der Waals surface area contributed by atoms with E-state index in [9.17, 15) is 9.59 Å². The van der Waals surface area contributed by atoms with Crippen molar-refractivity contribution in [1.29, 1.82) is 0 Å². The molecule has 1 fully saturated rings. The molecule has 0 aliphatic carbocycles. The van der Waals surface area contributed by atoms with Gasteiger partial charge >= 0.3 is 0 Å². The molecule has 0 saturated carbocycles. The summed E-state index contributed by atoms with van der Waals surface area (Å²) in [5, 5.41) is 0.102. The maximum absolute atomic E-state index is 11.4. The largest absolute Gasteiger partial charge is 0.369 e. The summed E-state index contributed by atoms with van der Waals surface area (Å²) in [5.74, 6) is -0.315. The van der Waals surface area contributed by atoms with Gasteiger partial charge in [-0.25, -0.2) is 0 Å². The average molecular weight is 245 g/mol. The maximum atomic E-state index is 11.4. The lowest BCUT2D eigenvalue weighted by molar-refractivity contribution is -0.130. The average Bonchev–Trinajstić information content (AvgIpc) is 2.28. The molecular weight excluding hydrogens is 226 g/mol. The number of primary amides is 1. The number of thioether (sulfide) groups is 1. The molecular formula is C10H19N3O2S. The molecule has 5 nitrogen and oxygen atoms in total. The van der Waals surface area contributed by atoms with Crippen LogP contribution in [0, 0.1) is 0 Å². The van der Waals surface area contributed by atoms with E-state index in [0.717, 1.165) is 19.4 Å². The summed E-state index contributed by atoms with van der Waals surface area (Å²) in [4.78, 5) is 24.2. The Balaban J connectivity index is 2.44. The van der Waals surface area contributed by atoms with Crippen LogP contribution in [0.4, 0.5) is 0 Å². The molecule has 92 valence electrons. The van der Waals surface area contributed by atoms with Crippen molar-refractivity contribution < 1.29 is 9.59 Å². The van der Waals surface area contributed by atoms with Gasteiger partial charge in [-0.1, -0.05) is 0 Å². The van der Waals surface area contributed by atoms with Crippen molar-refractivity contribution in [3.8, 4) is 0 Å². The SMILES string of the molecule is CC(SC1CCCN(C(=O)CN)C1)C(N)=O. The number of piperidine rings is 1. The van der Waals surface area contributed by atoms with Crippen molar-refractivity contribution in [2.75, 3.05) is 19.6 Å². The lowest BCUT2D eigenvalue weighted by atomic mass is 10.1. The molecule has 2 amide bonds. The van der Waals surface area contributed by atoms with Crippen LogP contribution < -0.4 is 11.5 Å². The smallest absolute Gasteiger partial charge is 0.236 e. The zero-order valence-corrected chi connectivity index (χ0v) is 10.3. The van der Waals surface area contributed by atoms with Gasteiger partial charge in [-0.3, -0.25) is 9.59 Å². The fraction of sp³-hybridized carbons (Fsp3) is 0.800. The fourth-order valence-corrected chi connectivity index (χ4v) is 3.04. The maximum Gasteiger partial charge on any atom is 0.236 e. The van der Waals surface area contributed by atoms with Crippen molar-refractivity contribution in [2.24, 2.45) is 11.5 Å². The summed E-state index contributed by atoms with van der Waals surface area (Å²) in [6, 6.07) is 0. The standard InChI is InChI=1S/C10H19N3O2S/c1-7(10(12)15)16-8-3-2-4-13(6-8)9(14)5-11/h7-8H,2-6,11H2,1H3,(H2,12,15). The molecule has 0 radical (unpaired) electrons. The second-order valence-corrected chi connectivity index (χ2v) is 5.63. The molecule has 4 N–H and O–H groups in total. The van der Waals surface area contributed by atoms with Crippen LogP contribution in [0.15, 0.2) is 0 Å². The topological polar surface area (TPSA) is 89.4 Å². The molecule has 0 spiro atoms. The fourth-order valence-electron chi connectivity index (χ4n) is 1.76. The predicted molar refractivity (Wildman–Crippen MR) is 64.9 cm³/mol. The first-order valence-corrected chi connectivity index (χ1v) is 6.41. The summed E-state index contributed by atoms with van der Waals surface area (Å²) in [5.41, 5.74) is 10.5. The van der Waals surface area contributed by atoms with E-state index in [0.29, 0.717) is 11.8 Å². The Kier molecular flexibility index (Phi) is 5.08. The number of amides is 2. The number of carbonyl (C=O) groups is 2. The van der Waals surface area contributed by atoms with Crippen molar-refractivity contribution in [3.05, 3.63) is 0 Å². The molecule has 0 aromatic rings. The van der Waals surface area contributed by atoms with Crippen LogP contribution in [0.25, 0.3) is 0 Å². The van der Waals surface area contributed by atoms with Crippen molar-refractivity contribution in [2.45, 2.75) is 30.3 Å². The molecule has 0 bridgehead atoms. The first-order chi connectivity index (χ1) is 7.54. The van der Waals surface area contributed by atoms with Gasteiger partial charge in [0, 0.05) is 18.3 Å². The first kappa shape index (κ1) is 13.3. The van der Waals surface area contributed by atoms with Crippen LogP contribution >= 0.6 is 11.8 Å². The molecule has 1 aliphatic rings. The van der Waals surface area contributed by atoms with Crippen molar-refractivity contribution >= 4 is 23.6 Å². The molecule has 1 aliphatic heterocycles. The lowest BCUT2D eigenvalue weighted by Crippen LogP contribution is -2.44. The van der Waals surface area contributed by atoms with Crippen LogP contribution in [0.2, 0.25) is 0 Å². The van der Waals surface area contributed by atoms with E-state index in [-0.39, 0.29) is 23.6 Å². The van der Waals surface area contributed by atoms with E-state index in [1.165, 1.54) is 0 Å². The van der Waals surface area contributed by atoms with E-state index < -0.39 is 0 Å². The Morgan fingerprint density at radius 3 is 2.81 bits per heavy atom. The predicted octanol–water partition coefficient (Wildman–Crippen LogP) is -0.457. The van der Waals surface area contributed by atoms with Crippen LogP contribution in [-0.2, 0) is 9.59 Å². The van der Waals surface area contributed by atoms with Crippen LogP contribution in [-0.4, -0.2) is 46.8 Å². The highest BCUT2D eigenvalue weighted by Crippen LogP contribution is 2.25. The van der Waals surface area contributed by atoms with E-state index in [4.69, 9.17) is 11.5 Å². The number of rotatable bonds is 4. The zero-order chi connectivity index (χ0) is 12.1. The zero-order valence-electron chi connectivity index (χ0n) is 9.52. The molecule has 0 aromatic heterocycles. The number of hydrogen-bond donors (Lipinski definition) is 2. The minimum absolute atomic E-state index is 0.0166. The minimum Gasteiger partial charge on any atom is -0.369 e. The van der Waals surface area contributed by atoms with Gasteiger partial charge in [-0.15, -0.1) is 11.8 Å². The van der Waals surface area contributed by atoms with Crippen LogP contribution in [0.1, 0.15) is 19.8 Å². The van der Waals surface area contributed by atoms with Gasteiger partial charge in [-0.2, -0.15) is 0 Å². The number of likely N-dealkylation sites (tertiary alicyclic amines) is 1. The number of nitrogens with zero attached hydrogens (tertiary/aromatic N) is 1. The van der Waals surface area contributed by atoms with Crippen LogP contribution in [0.3, 0.4) is 0 Å². The summed E-state index contributed by atoms with van der Waals surface area (Å²) >= 11 is 1.55. The lowest BCUT2D eigenvalue weighted by Gasteiger charge is -2.33. The summed E-state index contributed by atoms with van der Waals surface area (Å²) < 4.78 is 0. The van der Waals surface area contributed by atoms with Gasteiger partial charge in [0.1, 0.15) is 0 Å². The molecule has 6 heteroatoms. The highest BCUT2D eigenvalue weighted by molar-refractivity contribution is 8.01. The molecule has 0 aromatic carbocycles. The van der Waals surface area contributed by atoms with Gasteiger partial charge in [0.05, 0.1) is 11.8 Å². The Labute approximate surface area is 99.9 Å². The third-order valence-electron chi connectivity index (χ3n) is 2.70. The molecule has 1 saturated heterocycles. The quantitative estimate of drug-likeness (QED) is 0.701. The van der Waals surface area contributed by atoms with E-state index in [2.05, 4.69) is 0 Å². The van der Waals surface area contributed by atoms with Gasteiger partial charge in [0.2, 0.25) is 11.8 Å². The first-order valence-electron chi connectivity index (χ1n) is 5.47. The second-order valence-electron chi connectivity index (χ2n) is 3.99. The summed E-state index contributed by atoms with van der Waals surface area (Å²) in [7, 11) is 0. The highest BCUT2D eigenvalue weighted by atomic mass is 32.2. The molecule has 1 rings (SSSR count). The normalized spacial score (nSPS) is 22.9. The Hall–Kier alpha value is -0.750. The Bertz CT molecular complexity index is 273. The number of nitrogens with two attached hydrogens (primary N) is 2. The number of carbonyl (C=O) groups excluding carboxylic acids is 2. The van der Waals surface area contributed by atoms with Crippen molar-refractivity contribution in [3.63, 3.8) is 0 Å². The van der Waals surface area contributed by atoms with Gasteiger partial charge < -0.3 is 16.4 Å². The van der Waals surface area contributed by atoms with E-state index in [1.54, 1.807) is 23.6 Å². The summed E-state index contributed by atoms with van der Waals surface area (Å²) in [6.45, 7) is 3.32. The highest BCUT2D eigenvalue weighted by Gasteiger charge is 2.25. The molecule has 2 unspecified atom stereocenters. The third-order valence-corrected chi connectivity index (χ3v) is 4.11. The minimum atomic E-state index is -0.299. The van der Waals surface area contributed by atoms with Gasteiger partial charge in [0.25, 0.3) is 0 Å². The van der Waals surface area contributed by atoms with Crippen LogP contribution in [0.5, 0.6) is 0 Å². The van der Waals surface area contributed by atoms with Crippen molar-refractivity contribution in [1.82, 2.24) is 4.90 Å². The third kappa shape index (κ3) is 3.68. The van der Waals surface area contributed by atoms with E-state index >= 15 is 0 Å².